The fourth-order valence-corrected chi connectivity index (χ4v) is 1.84. The first-order valence-electron chi connectivity index (χ1n) is 4.32. The van der Waals surface area contributed by atoms with Gasteiger partial charge in [-0.1, -0.05) is 23.2 Å². The van der Waals surface area contributed by atoms with Crippen molar-refractivity contribution in [2.45, 2.75) is 6.54 Å². The van der Waals surface area contributed by atoms with Gasteiger partial charge in [0, 0.05) is 29.0 Å². The van der Waals surface area contributed by atoms with Crippen LogP contribution in [0, 0.1) is 0 Å². The van der Waals surface area contributed by atoms with Crippen LogP contribution in [0.5, 0.6) is 0 Å². The van der Waals surface area contributed by atoms with Gasteiger partial charge in [0.25, 0.3) is 0 Å². The first kappa shape index (κ1) is 12.1. The van der Waals surface area contributed by atoms with Crippen LogP contribution in [-0.2, 0) is 6.54 Å². The van der Waals surface area contributed by atoms with E-state index in [-0.39, 0.29) is 0 Å². The zero-order valence-electron chi connectivity index (χ0n) is 7.93. The van der Waals surface area contributed by atoms with Gasteiger partial charge in [0.1, 0.15) is 0 Å². The van der Waals surface area contributed by atoms with E-state index in [2.05, 4.69) is 4.90 Å². The van der Waals surface area contributed by atoms with E-state index in [0.717, 1.165) is 23.7 Å². The molecule has 0 N–H and O–H groups in total. The average molecular weight is 253 g/mol. The van der Waals surface area contributed by atoms with Crippen molar-refractivity contribution < 1.29 is 0 Å². The summed E-state index contributed by atoms with van der Waals surface area (Å²) in [5.41, 5.74) is 1.03. The van der Waals surface area contributed by atoms with E-state index in [1.807, 2.05) is 19.2 Å². The Balaban J connectivity index is 2.70. The summed E-state index contributed by atoms with van der Waals surface area (Å²) < 4.78 is 0. The number of nitrogens with zero attached hydrogens (tertiary/aromatic N) is 1. The summed E-state index contributed by atoms with van der Waals surface area (Å²) in [5, 5.41) is 1.46. The summed E-state index contributed by atoms with van der Waals surface area (Å²) in [5.74, 6) is 0.620. The summed E-state index contributed by atoms with van der Waals surface area (Å²) in [7, 11) is 2.00. The third kappa shape index (κ3) is 3.66. The Hall–Kier alpha value is 0.0500. The van der Waals surface area contributed by atoms with Crippen LogP contribution in [-0.4, -0.2) is 24.4 Å². The van der Waals surface area contributed by atoms with Gasteiger partial charge in [-0.05, 0) is 30.8 Å². The van der Waals surface area contributed by atoms with E-state index >= 15 is 0 Å². The topological polar surface area (TPSA) is 3.24 Å². The summed E-state index contributed by atoms with van der Waals surface area (Å²) in [6.45, 7) is 1.61. The Kier molecular flexibility index (Phi) is 5.04. The van der Waals surface area contributed by atoms with Crippen LogP contribution in [0.1, 0.15) is 5.56 Å². The van der Waals surface area contributed by atoms with Gasteiger partial charge in [-0.15, -0.1) is 11.6 Å². The molecule has 0 saturated heterocycles. The van der Waals surface area contributed by atoms with Crippen LogP contribution < -0.4 is 0 Å². The molecule has 0 heterocycles. The first-order chi connectivity index (χ1) is 6.63. The van der Waals surface area contributed by atoms with Crippen LogP contribution in [0.4, 0.5) is 0 Å². The standard InChI is InChI=1S/C10H12Cl3N/c1-14(5-4-11)7-8-6-9(12)2-3-10(8)13/h2-3,6H,4-5,7H2,1H3. The lowest BCUT2D eigenvalue weighted by Gasteiger charge is -2.15. The Morgan fingerprint density at radius 3 is 2.64 bits per heavy atom. The van der Waals surface area contributed by atoms with E-state index in [9.17, 15) is 0 Å². The summed E-state index contributed by atoms with van der Waals surface area (Å²) in [6, 6.07) is 5.48. The number of rotatable bonds is 4. The van der Waals surface area contributed by atoms with Gasteiger partial charge in [0.05, 0.1) is 0 Å². The fourth-order valence-electron chi connectivity index (χ4n) is 1.18. The number of halogens is 3. The molecule has 0 bridgehead atoms. The molecule has 0 fully saturated rings. The van der Waals surface area contributed by atoms with E-state index in [1.165, 1.54) is 0 Å². The molecule has 1 rings (SSSR count). The molecule has 0 aliphatic heterocycles. The molecule has 0 spiro atoms. The highest BCUT2D eigenvalue weighted by Crippen LogP contribution is 2.21. The van der Waals surface area contributed by atoms with Crippen molar-refractivity contribution >= 4 is 34.8 Å². The molecule has 1 aromatic rings. The van der Waals surface area contributed by atoms with E-state index in [4.69, 9.17) is 34.8 Å². The fraction of sp³-hybridized carbons (Fsp3) is 0.400. The summed E-state index contributed by atoms with van der Waals surface area (Å²) >= 11 is 17.5. The van der Waals surface area contributed by atoms with Crippen molar-refractivity contribution in [1.29, 1.82) is 0 Å². The van der Waals surface area contributed by atoms with E-state index in [0.29, 0.717) is 10.9 Å². The Bertz CT molecular complexity index is 301. The van der Waals surface area contributed by atoms with Crippen molar-refractivity contribution in [3.05, 3.63) is 33.8 Å². The van der Waals surface area contributed by atoms with Crippen molar-refractivity contribution in [1.82, 2.24) is 4.90 Å². The highest BCUT2D eigenvalue weighted by molar-refractivity contribution is 6.33. The van der Waals surface area contributed by atoms with Gasteiger partial charge in [-0.2, -0.15) is 0 Å². The second kappa shape index (κ2) is 5.82. The molecule has 0 amide bonds. The third-order valence-corrected chi connectivity index (χ3v) is 2.69. The minimum atomic E-state index is 0.620. The molecule has 1 aromatic carbocycles. The minimum absolute atomic E-state index is 0.620. The van der Waals surface area contributed by atoms with Gasteiger partial charge in [0.15, 0.2) is 0 Å². The largest absolute Gasteiger partial charge is 0.301 e. The molecule has 14 heavy (non-hydrogen) atoms. The van der Waals surface area contributed by atoms with Gasteiger partial charge in [0.2, 0.25) is 0 Å². The molecule has 78 valence electrons. The summed E-state index contributed by atoms with van der Waals surface area (Å²) in [4.78, 5) is 2.10. The van der Waals surface area contributed by atoms with Crippen LogP contribution in [0.25, 0.3) is 0 Å². The molecule has 0 radical (unpaired) electrons. The smallest absolute Gasteiger partial charge is 0.0452 e. The zero-order chi connectivity index (χ0) is 10.6. The van der Waals surface area contributed by atoms with E-state index < -0.39 is 0 Å². The Morgan fingerprint density at radius 1 is 1.29 bits per heavy atom. The predicted molar refractivity (Wildman–Crippen MR) is 63.5 cm³/mol. The molecule has 1 nitrogen and oxygen atoms in total. The quantitative estimate of drug-likeness (QED) is 0.739. The van der Waals surface area contributed by atoms with Crippen LogP contribution in [0.15, 0.2) is 18.2 Å². The molecule has 4 heteroatoms. The number of benzene rings is 1. The van der Waals surface area contributed by atoms with Gasteiger partial charge >= 0.3 is 0 Å². The van der Waals surface area contributed by atoms with Gasteiger partial charge in [-0.3, -0.25) is 0 Å². The molecular weight excluding hydrogens is 240 g/mol. The lowest BCUT2D eigenvalue weighted by molar-refractivity contribution is 0.348. The maximum Gasteiger partial charge on any atom is 0.0452 e. The molecular formula is C10H12Cl3N. The molecule has 0 aliphatic rings. The Labute approximate surface area is 99.6 Å². The molecule has 0 atom stereocenters. The molecule has 0 unspecified atom stereocenters. The molecule has 0 aliphatic carbocycles. The lowest BCUT2D eigenvalue weighted by Crippen LogP contribution is -2.20. The third-order valence-electron chi connectivity index (χ3n) is 1.91. The van der Waals surface area contributed by atoms with Crippen LogP contribution in [0.2, 0.25) is 10.0 Å². The van der Waals surface area contributed by atoms with Crippen LogP contribution >= 0.6 is 34.8 Å². The monoisotopic (exact) mass is 251 g/mol. The predicted octanol–water partition coefficient (Wildman–Crippen LogP) is 3.66. The maximum absolute atomic E-state index is 6.02. The highest BCUT2D eigenvalue weighted by atomic mass is 35.5. The SMILES string of the molecule is CN(CCCl)Cc1cc(Cl)ccc1Cl. The Morgan fingerprint density at radius 2 is 2.00 bits per heavy atom. The lowest BCUT2D eigenvalue weighted by atomic mass is 10.2. The normalized spacial score (nSPS) is 10.9. The second-order valence-corrected chi connectivity index (χ2v) is 4.38. The van der Waals surface area contributed by atoms with Crippen molar-refractivity contribution in [2.24, 2.45) is 0 Å². The minimum Gasteiger partial charge on any atom is -0.301 e. The van der Waals surface area contributed by atoms with Crippen molar-refractivity contribution in [3.63, 3.8) is 0 Å². The van der Waals surface area contributed by atoms with Gasteiger partial charge < -0.3 is 4.90 Å². The van der Waals surface area contributed by atoms with Gasteiger partial charge in [-0.25, -0.2) is 0 Å². The highest BCUT2D eigenvalue weighted by Gasteiger charge is 2.04. The molecule has 0 aromatic heterocycles. The number of alkyl halides is 1. The van der Waals surface area contributed by atoms with E-state index in [1.54, 1.807) is 6.07 Å². The maximum atomic E-state index is 6.02. The number of hydrogen-bond acceptors (Lipinski definition) is 1. The molecule has 0 saturated carbocycles. The number of hydrogen-bond donors (Lipinski definition) is 0. The summed E-state index contributed by atoms with van der Waals surface area (Å²) in [6.07, 6.45) is 0. The zero-order valence-corrected chi connectivity index (χ0v) is 10.2. The average Bonchev–Trinajstić information content (AvgIpc) is 2.12. The van der Waals surface area contributed by atoms with Crippen LogP contribution in [0.3, 0.4) is 0 Å². The van der Waals surface area contributed by atoms with Crippen molar-refractivity contribution in [3.8, 4) is 0 Å². The first-order valence-corrected chi connectivity index (χ1v) is 5.61. The second-order valence-electron chi connectivity index (χ2n) is 3.16. The van der Waals surface area contributed by atoms with Crippen molar-refractivity contribution in [2.75, 3.05) is 19.5 Å².